The van der Waals surface area contributed by atoms with E-state index in [1.54, 1.807) is 12.1 Å². The van der Waals surface area contributed by atoms with Gasteiger partial charge in [0.2, 0.25) is 0 Å². The van der Waals surface area contributed by atoms with Crippen molar-refractivity contribution >= 4 is 11.7 Å². The summed E-state index contributed by atoms with van der Waals surface area (Å²) in [4.78, 5) is 11.9. The van der Waals surface area contributed by atoms with Gasteiger partial charge in [0.05, 0.1) is 6.10 Å². The van der Waals surface area contributed by atoms with Crippen molar-refractivity contribution in [3.63, 3.8) is 0 Å². The van der Waals surface area contributed by atoms with Gasteiger partial charge in [-0.2, -0.15) is 0 Å². The van der Waals surface area contributed by atoms with Crippen LogP contribution in [-0.2, 0) is 4.74 Å². The predicted octanol–water partition coefficient (Wildman–Crippen LogP) is 0.960. The van der Waals surface area contributed by atoms with Crippen molar-refractivity contribution < 1.29 is 9.53 Å². The third-order valence-corrected chi connectivity index (χ3v) is 3.34. The number of carbonyl (C=O) groups excluding carboxylic acids is 1. The fraction of sp³-hybridized carbons (Fsp3) is 0.615. The minimum Gasteiger partial charge on any atom is -0.376 e. The van der Waals surface area contributed by atoms with E-state index in [-0.39, 0.29) is 12.0 Å². The molecule has 0 radical (unpaired) electrons. The molecular formula is C13H18N4O2. The molecule has 2 aliphatic rings. The van der Waals surface area contributed by atoms with E-state index in [0.29, 0.717) is 18.3 Å². The normalized spacial score (nSPS) is 22.2. The molecule has 1 aliphatic carbocycles. The first-order chi connectivity index (χ1) is 9.31. The lowest BCUT2D eigenvalue weighted by atomic mass is 10.2. The molecule has 1 saturated heterocycles. The minimum absolute atomic E-state index is 0.146. The third-order valence-electron chi connectivity index (χ3n) is 3.34. The van der Waals surface area contributed by atoms with Crippen molar-refractivity contribution in [2.24, 2.45) is 0 Å². The fourth-order valence-electron chi connectivity index (χ4n) is 2.07. The molecule has 6 nitrogen and oxygen atoms in total. The van der Waals surface area contributed by atoms with E-state index in [9.17, 15) is 4.79 Å². The van der Waals surface area contributed by atoms with Crippen molar-refractivity contribution in [2.45, 2.75) is 37.8 Å². The van der Waals surface area contributed by atoms with Crippen molar-refractivity contribution in [2.75, 3.05) is 18.5 Å². The molecule has 1 saturated carbocycles. The van der Waals surface area contributed by atoms with Gasteiger partial charge in [-0.3, -0.25) is 4.79 Å². The highest BCUT2D eigenvalue weighted by atomic mass is 16.5. The summed E-state index contributed by atoms with van der Waals surface area (Å²) in [6.07, 6.45) is 4.60. The number of amides is 1. The first kappa shape index (κ1) is 12.3. The number of nitrogens with zero attached hydrogens (tertiary/aromatic N) is 2. The quantitative estimate of drug-likeness (QED) is 0.826. The third kappa shape index (κ3) is 3.41. The Kier molecular flexibility index (Phi) is 3.59. The van der Waals surface area contributed by atoms with Gasteiger partial charge in [0.25, 0.3) is 5.91 Å². The van der Waals surface area contributed by atoms with Gasteiger partial charge in [-0.1, -0.05) is 0 Å². The molecule has 102 valence electrons. The monoisotopic (exact) mass is 262 g/mol. The molecule has 2 N–H and O–H groups in total. The van der Waals surface area contributed by atoms with Gasteiger partial charge in [-0.05, 0) is 37.8 Å². The highest BCUT2D eigenvalue weighted by molar-refractivity contribution is 5.92. The number of rotatable bonds is 5. The molecular weight excluding hydrogens is 244 g/mol. The molecule has 6 heteroatoms. The van der Waals surface area contributed by atoms with Gasteiger partial charge in [0.15, 0.2) is 5.69 Å². The molecule has 0 spiro atoms. The number of hydrogen-bond acceptors (Lipinski definition) is 5. The van der Waals surface area contributed by atoms with Crippen molar-refractivity contribution in [3.8, 4) is 0 Å². The van der Waals surface area contributed by atoms with Crippen LogP contribution in [0.25, 0.3) is 0 Å². The standard InChI is InChI=1S/C13H18N4O2/c18-13(14-8-10-2-1-7-19-10)11-5-6-12(17-16-11)15-9-3-4-9/h5-6,9-10H,1-4,7-8H2,(H,14,18)(H,15,17). The lowest BCUT2D eigenvalue weighted by molar-refractivity contribution is 0.0853. The Morgan fingerprint density at radius 2 is 2.21 bits per heavy atom. The summed E-state index contributed by atoms with van der Waals surface area (Å²) >= 11 is 0. The first-order valence-electron chi connectivity index (χ1n) is 6.81. The van der Waals surface area contributed by atoms with E-state index in [0.717, 1.165) is 25.3 Å². The Morgan fingerprint density at radius 3 is 2.84 bits per heavy atom. The molecule has 1 aliphatic heterocycles. The molecule has 1 unspecified atom stereocenters. The van der Waals surface area contributed by atoms with Crippen molar-refractivity contribution in [1.29, 1.82) is 0 Å². The molecule has 1 amide bonds. The largest absolute Gasteiger partial charge is 0.376 e. The van der Waals surface area contributed by atoms with E-state index in [1.165, 1.54) is 12.8 Å². The van der Waals surface area contributed by atoms with Crippen LogP contribution in [0.4, 0.5) is 5.82 Å². The lowest BCUT2D eigenvalue weighted by Crippen LogP contribution is -2.32. The average Bonchev–Trinajstić information content (AvgIpc) is 3.09. The molecule has 19 heavy (non-hydrogen) atoms. The van der Waals surface area contributed by atoms with Gasteiger partial charge in [0.1, 0.15) is 5.82 Å². The summed E-state index contributed by atoms with van der Waals surface area (Å²) in [6.45, 7) is 1.34. The maximum atomic E-state index is 11.9. The second-order valence-electron chi connectivity index (χ2n) is 5.07. The second kappa shape index (κ2) is 5.52. The summed E-state index contributed by atoms with van der Waals surface area (Å²) in [5, 5.41) is 14.0. The maximum absolute atomic E-state index is 11.9. The Labute approximate surface area is 111 Å². The van der Waals surface area contributed by atoms with E-state index >= 15 is 0 Å². The smallest absolute Gasteiger partial charge is 0.271 e. The topological polar surface area (TPSA) is 76.1 Å². The first-order valence-corrected chi connectivity index (χ1v) is 6.81. The molecule has 3 rings (SSSR count). The molecule has 1 aromatic heterocycles. The highest BCUT2D eigenvalue weighted by Crippen LogP contribution is 2.23. The average molecular weight is 262 g/mol. The molecule has 1 aromatic rings. The Bertz CT molecular complexity index is 438. The summed E-state index contributed by atoms with van der Waals surface area (Å²) in [6, 6.07) is 4.03. The van der Waals surface area contributed by atoms with Crippen LogP contribution >= 0.6 is 0 Å². The van der Waals surface area contributed by atoms with Crippen LogP contribution in [0.2, 0.25) is 0 Å². The van der Waals surface area contributed by atoms with Gasteiger partial charge >= 0.3 is 0 Å². The second-order valence-corrected chi connectivity index (χ2v) is 5.07. The fourth-order valence-corrected chi connectivity index (χ4v) is 2.07. The Balaban J connectivity index is 1.50. The zero-order valence-electron chi connectivity index (χ0n) is 10.8. The minimum atomic E-state index is -0.194. The van der Waals surface area contributed by atoms with Gasteiger partial charge < -0.3 is 15.4 Å². The van der Waals surface area contributed by atoms with Crippen LogP contribution in [0.15, 0.2) is 12.1 Å². The maximum Gasteiger partial charge on any atom is 0.271 e. The Hall–Kier alpha value is -1.69. The molecule has 0 aromatic carbocycles. The summed E-state index contributed by atoms with van der Waals surface area (Å²) in [7, 11) is 0. The lowest BCUT2D eigenvalue weighted by Gasteiger charge is -2.10. The van der Waals surface area contributed by atoms with E-state index < -0.39 is 0 Å². The summed E-state index contributed by atoms with van der Waals surface area (Å²) in [5.41, 5.74) is 0.347. The zero-order chi connectivity index (χ0) is 13.1. The molecule has 2 fully saturated rings. The highest BCUT2D eigenvalue weighted by Gasteiger charge is 2.21. The number of anilines is 1. The summed E-state index contributed by atoms with van der Waals surface area (Å²) in [5.74, 6) is 0.541. The molecule has 1 atom stereocenters. The number of carbonyl (C=O) groups is 1. The zero-order valence-corrected chi connectivity index (χ0v) is 10.8. The number of ether oxygens (including phenoxy) is 1. The van der Waals surface area contributed by atoms with Gasteiger partial charge in [-0.15, -0.1) is 10.2 Å². The van der Waals surface area contributed by atoms with E-state index in [1.807, 2.05) is 0 Å². The van der Waals surface area contributed by atoms with E-state index in [2.05, 4.69) is 20.8 Å². The van der Waals surface area contributed by atoms with Crippen LogP contribution in [0.1, 0.15) is 36.2 Å². The van der Waals surface area contributed by atoms with Gasteiger partial charge in [0, 0.05) is 19.2 Å². The predicted molar refractivity (Wildman–Crippen MR) is 70.0 cm³/mol. The van der Waals surface area contributed by atoms with Gasteiger partial charge in [-0.25, -0.2) is 0 Å². The van der Waals surface area contributed by atoms with Crippen molar-refractivity contribution in [3.05, 3.63) is 17.8 Å². The van der Waals surface area contributed by atoms with Crippen LogP contribution in [0, 0.1) is 0 Å². The summed E-state index contributed by atoms with van der Waals surface area (Å²) < 4.78 is 5.45. The van der Waals surface area contributed by atoms with Crippen LogP contribution < -0.4 is 10.6 Å². The Morgan fingerprint density at radius 1 is 1.32 bits per heavy atom. The van der Waals surface area contributed by atoms with Crippen molar-refractivity contribution in [1.82, 2.24) is 15.5 Å². The number of hydrogen-bond donors (Lipinski definition) is 2. The number of nitrogens with one attached hydrogen (secondary N) is 2. The molecule has 2 heterocycles. The van der Waals surface area contributed by atoms with E-state index in [4.69, 9.17) is 4.74 Å². The SMILES string of the molecule is O=C(NCC1CCCO1)c1ccc(NC2CC2)nn1. The molecule has 0 bridgehead atoms. The number of aromatic nitrogens is 2. The van der Waals surface area contributed by atoms with Crippen LogP contribution in [0.5, 0.6) is 0 Å². The van der Waals surface area contributed by atoms with Crippen LogP contribution in [0.3, 0.4) is 0 Å². The van der Waals surface area contributed by atoms with Crippen LogP contribution in [-0.4, -0.2) is 41.4 Å².